The van der Waals surface area contributed by atoms with Gasteiger partial charge in [0.2, 0.25) is 0 Å². The summed E-state index contributed by atoms with van der Waals surface area (Å²) in [4.78, 5) is 16.7. The van der Waals surface area contributed by atoms with E-state index in [1.165, 1.54) is 5.56 Å². The van der Waals surface area contributed by atoms with Crippen LogP contribution in [0, 0.1) is 0 Å². The van der Waals surface area contributed by atoms with E-state index in [0.29, 0.717) is 6.54 Å². The number of nitrogens with two attached hydrogens (primary N) is 1. The maximum absolute atomic E-state index is 11.2. The van der Waals surface area contributed by atoms with Crippen LogP contribution in [0.3, 0.4) is 0 Å². The van der Waals surface area contributed by atoms with Crippen LogP contribution >= 0.6 is 0 Å². The highest BCUT2D eigenvalue weighted by molar-refractivity contribution is 5.75. The summed E-state index contributed by atoms with van der Waals surface area (Å²) in [5, 5.41) is 3.27. The molecule has 2 rings (SSSR count). The number of aromatic nitrogens is 2. The Morgan fingerprint density at radius 3 is 2.82 bits per heavy atom. The number of imidazole rings is 1. The Balaban J connectivity index is 2.30. The van der Waals surface area contributed by atoms with Crippen molar-refractivity contribution >= 4 is 11.0 Å². The Labute approximate surface area is 99.4 Å². The third-order valence-corrected chi connectivity index (χ3v) is 2.99. The summed E-state index contributed by atoms with van der Waals surface area (Å²) in [5.74, 6) is 0. The molecule has 0 radical (unpaired) electrons. The van der Waals surface area contributed by atoms with Crippen LogP contribution in [0.4, 0.5) is 0 Å². The summed E-state index contributed by atoms with van der Waals surface area (Å²) in [7, 11) is 1.94. The highest BCUT2D eigenvalue weighted by Crippen LogP contribution is 2.20. The van der Waals surface area contributed by atoms with Gasteiger partial charge in [-0.1, -0.05) is 6.07 Å². The molecule has 92 valence electrons. The molecular weight excluding hydrogens is 216 g/mol. The molecule has 0 fully saturated rings. The van der Waals surface area contributed by atoms with Gasteiger partial charge in [-0.15, -0.1) is 0 Å². The number of benzene rings is 1. The number of H-pyrrole nitrogens is 2. The maximum atomic E-state index is 11.2. The number of hydrogen-bond donors (Lipinski definition) is 4. The number of rotatable bonds is 5. The lowest BCUT2D eigenvalue weighted by atomic mass is 10.0. The summed E-state index contributed by atoms with van der Waals surface area (Å²) in [6.07, 6.45) is 1.97. The first-order chi connectivity index (χ1) is 8.24. The molecule has 1 unspecified atom stereocenters. The molecule has 0 aliphatic carbocycles. The highest BCUT2D eigenvalue weighted by Gasteiger charge is 2.09. The fourth-order valence-corrected chi connectivity index (χ4v) is 2.07. The van der Waals surface area contributed by atoms with E-state index in [4.69, 9.17) is 5.73 Å². The molecule has 1 aromatic carbocycles. The van der Waals surface area contributed by atoms with Crippen molar-refractivity contribution < 1.29 is 0 Å². The lowest BCUT2D eigenvalue weighted by molar-refractivity contribution is 0.531. The molecule has 0 aliphatic heterocycles. The van der Waals surface area contributed by atoms with Gasteiger partial charge in [0, 0.05) is 6.04 Å². The molecule has 17 heavy (non-hydrogen) atoms. The summed E-state index contributed by atoms with van der Waals surface area (Å²) in [5.41, 5.74) is 8.21. The minimum atomic E-state index is -0.167. The van der Waals surface area contributed by atoms with Gasteiger partial charge in [-0.2, -0.15) is 0 Å². The molecule has 2 aromatic rings. The lowest BCUT2D eigenvalue weighted by Gasteiger charge is -2.16. The van der Waals surface area contributed by atoms with E-state index >= 15 is 0 Å². The molecule has 5 nitrogen and oxygen atoms in total. The number of aromatic amines is 2. The fourth-order valence-electron chi connectivity index (χ4n) is 2.07. The fraction of sp³-hybridized carbons (Fsp3) is 0.417. The average molecular weight is 234 g/mol. The zero-order valence-corrected chi connectivity index (χ0v) is 9.92. The molecular formula is C12H18N4O. The molecule has 0 saturated heterocycles. The highest BCUT2D eigenvalue weighted by atomic mass is 16.1. The van der Waals surface area contributed by atoms with Crippen LogP contribution in [0.1, 0.15) is 24.4 Å². The number of nitrogens with one attached hydrogen (secondary N) is 3. The van der Waals surface area contributed by atoms with Crippen molar-refractivity contribution in [1.82, 2.24) is 15.3 Å². The lowest BCUT2D eigenvalue weighted by Crippen LogP contribution is -2.17. The van der Waals surface area contributed by atoms with Crippen LogP contribution in [-0.4, -0.2) is 23.6 Å². The van der Waals surface area contributed by atoms with Crippen molar-refractivity contribution in [3.05, 3.63) is 34.2 Å². The minimum Gasteiger partial charge on any atom is -0.330 e. The van der Waals surface area contributed by atoms with Crippen molar-refractivity contribution in [2.75, 3.05) is 13.6 Å². The van der Waals surface area contributed by atoms with Gasteiger partial charge in [0.25, 0.3) is 0 Å². The summed E-state index contributed by atoms with van der Waals surface area (Å²) < 4.78 is 0. The van der Waals surface area contributed by atoms with E-state index in [2.05, 4.69) is 15.3 Å². The molecule has 0 amide bonds. The van der Waals surface area contributed by atoms with Crippen LogP contribution in [0.15, 0.2) is 23.0 Å². The van der Waals surface area contributed by atoms with E-state index in [1.54, 1.807) is 0 Å². The topological polar surface area (TPSA) is 86.7 Å². The van der Waals surface area contributed by atoms with E-state index in [-0.39, 0.29) is 11.7 Å². The van der Waals surface area contributed by atoms with Crippen molar-refractivity contribution in [3.63, 3.8) is 0 Å². The number of fused-ring (bicyclic) bond motifs is 1. The minimum absolute atomic E-state index is 0.167. The first-order valence-corrected chi connectivity index (χ1v) is 5.84. The van der Waals surface area contributed by atoms with Gasteiger partial charge in [0.05, 0.1) is 11.0 Å². The first kappa shape index (κ1) is 11.9. The standard InChI is InChI=1S/C12H18N4O/c1-14-9(3-2-6-13)8-4-5-10-11(7-8)16-12(17)15-10/h4-5,7,9,14H,2-3,6,13H2,1H3,(H2,15,16,17). The first-order valence-electron chi connectivity index (χ1n) is 5.84. The molecule has 1 atom stereocenters. The largest absolute Gasteiger partial charge is 0.330 e. The van der Waals surface area contributed by atoms with Crippen molar-refractivity contribution in [1.29, 1.82) is 0 Å². The van der Waals surface area contributed by atoms with Crippen molar-refractivity contribution in [3.8, 4) is 0 Å². The van der Waals surface area contributed by atoms with Crippen LogP contribution in [0.5, 0.6) is 0 Å². The van der Waals surface area contributed by atoms with Gasteiger partial charge in [-0.05, 0) is 44.1 Å². The zero-order valence-electron chi connectivity index (χ0n) is 9.92. The Hall–Kier alpha value is -1.59. The molecule has 1 aromatic heterocycles. The predicted octanol–water partition coefficient (Wildman–Crippen LogP) is 0.856. The Kier molecular flexibility index (Phi) is 3.61. The molecule has 5 heteroatoms. The van der Waals surface area contributed by atoms with Gasteiger partial charge >= 0.3 is 5.69 Å². The smallest absolute Gasteiger partial charge is 0.323 e. The van der Waals surface area contributed by atoms with Crippen molar-refractivity contribution in [2.45, 2.75) is 18.9 Å². The van der Waals surface area contributed by atoms with E-state index in [0.717, 1.165) is 23.9 Å². The third kappa shape index (κ3) is 2.57. The van der Waals surface area contributed by atoms with Gasteiger partial charge in [-0.25, -0.2) is 4.79 Å². The van der Waals surface area contributed by atoms with Crippen LogP contribution in [0.2, 0.25) is 0 Å². The third-order valence-electron chi connectivity index (χ3n) is 2.99. The van der Waals surface area contributed by atoms with Crippen molar-refractivity contribution in [2.24, 2.45) is 5.73 Å². The van der Waals surface area contributed by atoms with Crippen LogP contribution in [-0.2, 0) is 0 Å². The summed E-state index contributed by atoms with van der Waals surface area (Å²) in [6, 6.07) is 6.24. The molecule has 0 aliphatic rings. The molecule has 5 N–H and O–H groups in total. The van der Waals surface area contributed by atoms with Gasteiger partial charge in [0.1, 0.15) is 0 Å². The molecule has 1 heterocycles. The Bertz CT molecular complexity index is 543. The SMILES string of the molecule is CNC(CCCN)c1ccc2[nH]c(=O)[nH]c2c1. The molecule has 0 saturated carbocycles. The maximum Gasteiger partial charge on any atom is 0.323 e. The monoisotopic (exact) mass is 234 g/mol. The zero-order chi connectivity index (χ0) is 12.3. The molecule has 0 spiro atoms. The van der Waals surface area contributed by atoms with Gasteiger partial charge in [0.15, 0.2) is 0 Å². The quantitative estimate of drug-likeness (QED) is 0.618. The Morgan fingerprint density at radius 1 is 1.35 bits per heavy atom. The van der Waals surface area contributed by atoms with Gasteiger partial charge < -0.3 is 21.0 Å². The summed E-state index contributed by atoms with van der Waals surface area (Å²) in [6.45, 7) is 0.696. The van der Waals surface area contributed by atoms with Gasteiger partial charge in [-0.3, -0.25) is 0 Å². The van der Waals surface area contributed by atoms with Crippen LogP contribution in [0.25, 0.3) is 11.0 Å². The second kappa shape index (κ2) is 5.16. The average Bonchev–Trinajstić information content (AvgIpc) is 2.69. The van der Waals surface area contributed by atoms with E-state index < -0.39 is 0 Å². The second-order valence-electron chi connectivity index (χ2n) is 4.16. The van der Waals surface area contributed by atoms with Crippen LogP contribution < -0.4 is 16.7 Å². The molecule has 0 bridgehead atoms. The second-order valence-corrected chi connectivity index (χ2v) is 4.16. The van der Waals surface area contributed by atoms with E-state index in [9.17, 15) is 4.79 Å². The normalized spacial score (nSPS) is 13.1. The predicted molar refractivity (Wildman–Crippen MR) is 69.0 cm³/mol. The summed E-state index contributed by atoms with van der Waals surface area (Å²) >= 11 is 0. The number of hydrogen-bond acceptors (Lipinski definition) is 3. The Morgan fingerprint density at radius 2 is 2.12 bits per heavy atom. The van der Waals surface area contributed by atoms with E-state index in [1.807, 2.05) is 25.2 Å².